The smallest absolute Gasteiger partial charge is 0.330 e. The molecule has 2 N–H and O–H groups in total. The van der Waals surface area contributed by atoms with Crippen molar-refractivity contribution in [2.24, 2.45) is 0 Å². The van der Waals surface area contributed by atoms with Crippen molar-refractivity contribution < 1.29 is 9.34 Å². The third kappa shape index (κ3) is 1.66. The van der Waals surface area contributed by atoms with Gasteiger partial charge in [0.25, 0.3) is 0 Å². The van der Waals surface area contributed by atoms with Crippen LogP contribution >= 0.6 is 0 Å². The summed E-state index contributed by atoms with van der Waals surface area (Å²) in [6, 6.07) is 3.47. The number of nitrogens with two attached hydrogens (primary N) is 1. The minimum atomic E-state index is -0.568. The number of hydrogen-bond acceptors (Lipinski definition) is 5. The molecule has 0 atom stereocenters. The summed E-state index contributed by atoms with van der Waals surface area (Å²) >= 11 is 0. The molecule has 7 nitrogen and oxygen atoms in total. The fourth-order valence-electron chi connectivity index (χ4n) is 1.20. The van der Waals surface area contributed by atoms with Gasteiger partial charge in [-0.15, -0.1) is 0 Å². The minimum Gasteiger partial charge on any atom is -0.467 e. The Hall–Kier alpha value is -2.31. The predicted molar refractivity (Wildman–Crippen MR) is 51.1 cm³/mol. The Morgan fingerprint density at radius 1 is 1.67 bits per heavy atom. The van der Waals surface area contributed by atoms with E-state index in [4.69, 9.17) is 10.2 Å². The van der Waals surface area contributed by atoms with Crippen molar-refractivity contribution in [3.63, 3.8) is 0 Å². The van der Waals surface area contributed by atoms with Crippen LogP contribution in [0.5, 0.6) is 0 Å². The van der Waals surface area contributed by atoms with E-state index in [0.717, 1.165) is 6.20 Å². The molecule has 2 heterocycles. The van der Waals surface area contributed by atoms with Crippen LogP contribution in [0.2, 0.25) is 0 Å². The number of nitrogen functional groups attached to an aromatic ring is 1. The lowest BCUT2D eigenvalue weighted by atomic mass is 10.4. The fourth-order valence-corrected chi connectivity index (χ4v) is 1.20. The van der Waals surface area contributed by atoms with E-state index in [0.29, 0.717) is 5.76 Å². The van der Waals surface area contributed by atoms with E-state index in [2.05, 4.69) is 5.10 Å². The zero-order chi connectivity index (χ0) is 10.8. The van der Waals surface area contributed by atoms with Gasteiger partial charge in [-0.3, -0.25) is 10.1 Å². The third-order valence-corrected chi connectivity index (χ3v) is 1.94. The summed E-state index contributed by atoms with van der Waals surface area (Å²) in [5.41, 5.74) is 5.34. The first-order valence-electron chi connectivity index (χ1n) is 4.16. The van der Waals surface area contributed by atoms with Gasteiger partial charge < -0.3 is 10.2 Å². The molecule has 7 heteroatoms. The molecule has 0 aliphatic carbocycles. The number of aromatic nitrogens is 2. The second kappa shape index (κ2) is 3.45. The van der Waals surface area contributed by atoms with Gasteiger partial charge in [-0.2, -0.15) is 5.10 Å². The summed E-state index contributed by atoms with van der Waals surface area (Å²) in [5.74, 6) is 0.663. The van der Waals surface area contributed by atoms with Gasteiger partial charge in [-0.25, -0.2) is 4.68 Å². The van der Waals surface area contributed by atoms with Gasteiger partial charge in [0.2, 0.25) is 5.82 Å². The lowest BCUT2D eigenvalue weighted by molar-refractivity contribution is -0.384. The molecule has 2 aromatic heterocycles. The van der Waals surface area contributed by atoms with E-state index in [1.165, 1.54) is 10.9 Å². The van der Waals surface area contributed by atoms with Crippen LogP contribution < -0.4 is 5.73 Å². The summed E-state index contributed by atoms with van der Waals surface area (Å²) in [7, 11) is 0. The molecule has 0 spiro atoms. The predicted octanol–water partition coefficient (Wildman–Crippen LogP) is 1.01. The van der Waals surface area contributed by atoms with E-state index in [9.17, 15) is 10.1 Å². The Kier molecular flexibility index (Phi) is 2.13. The zero-order valence-corrected chi connectivity index (χ0v) is 7.66. The first-order valence-corrected chi connectivity index (χ1v) is 4.16. The van der Waals surface area contributed by atoms with E-state index in [1.807, 2.05) is 0 Å². The largest absolute Gasteiger partial charge is 0.467 e. The maximum atomic E-state index is 10.5. The van der Waals surface area contributed by atoms with Gasteiger partial charge >= 0.3 is 5.69 Å². The number of furan rings is 1. The van der Waals surface area contributed by atoms with E-state index < -0.39 is 4.92 Å². The second-order valence-electron chi connectivity index (χ2n) is 2.91. The van der Waals surface area contributed by atoms with Crippen LogP contribution in [0.3, 0.4) is 0 Å². The average molecular weight is 208 g/mol. The number of rotatable bonds is 3. The van der Waals surface area contributed by atoms with E-state index in [1.54, 1.807) is 12.1 Å². The highest BCUT2D eigenvalue weighted by Gasteiger charge is 2.17. The molecule has 78 valence electrons. The van der Waals surface area contributed by atoms with Crippen LogP contribution in [0.15, 0.2) is 29.0 Å². The lowest BCUT2D eigenvalue weighted by Gasteiger charge is -1.99. The zero-order valence-electron chi connectivity index (χ0n) is 7.66. The van der Waals surface area contributed by atoms with Gasteiger partial charge in [0.05, 0.1) is 11.2 Å². The van der Waals surface area contributed by atoms with Crippen molar-refractivity contribution in [2.45, 2.75) is 6.54 Å². The highest BCUT2D eigenvalue weighted by atomic mass is 16.6. The number of nitro groups is 1. The first kappa shape index (κ1) is 9.25. The normalized spacial score (nSPS) is 10.4. The van der Waals surface area contributed by atoms with E-state index >= 15 is 0 Å². The van der Waals surface area contributed by atoms with Crippen LogP contribution in [-0.2, 0) is 6.54 Å². The summed E-state index contributed by atoms with van der Waals surface area (Å²) in [6.45, 7) is 0.284. The molecule has 2 aromatic rings. The summed E-state index contributed by atoms with van der Waals surface area (Å²) in [4.78, 5) is 9.92. The highest BCUT2D eigenvalue weighted by molar-refractivity contribution is 5.51. The molecule has 0 aliphatic heterocycles. The molecule has 0 unspecified atom stereocenters. The van der Waals surface area contributed by atoms with Crippen molar-refractivity contribution in [3.8, 4) is 0 Å². The Morgan fingerprint density at radius 3 is 3.00 bits per heavy atom. The molecule has 0 saturated heterocycles. The van der Waals surface area contributed by atoms with Crippen LogP contribution in [-0.4, -0.2) is 14.7 Å². The maximum Gasteiger partial charge on any atom is 0.330 e. The van der Waals surface area contributed by atoms with Crippen molar-refractivity contribution in [2.75, 3.05) is 5.73 Å². The molecule has 0 amide bonds. The number of hydrogen-bond donors (Lipinski definition) is 1. The topological polar surface area (TPSA) is 100 Å². The van der Waals surface area contributed by atoms with Gasteiger partial charge in [-0.05, 0) is 12.1 Å². The van der Waals surface area contributed by atoms with Crippen LogP contribution in [0.1, 0.15) is 5.76 Å². The first-order chi connectivity index (χ1) is 7.18. The molecule has 15 heavy (non-hydrogen) atoms. The Balaban J connectivity index is 2.27. The lowest BCUT2D eigenvalue weighted by Crippen LogP contribution is -2.06. The highest BCUT2D eigenvalue weighted by Crippen LogP contribution is 2.20. The molecule has 0 aromatic carbocycles. The third-order valence-electron chi connectivity index (χ3n) is 1.94. The molecule has 0 fully saturated rings. The Labute approximate surface area is 84.2 Å². The molecule has 2 rings (SSSR count). The van der Waals surface area contributed by atoms with Crippen LogP contribution in [0, 0.1) is 10.1 Å². The van der Waals surface area contributed by atoms with Gasteiger partial charge in [-0.1, -0.05) is 0 Å². The van der Waals surface area contributed by atoms with Crippen molar-refractivity contribution in [1.29, 1.82) is 0 Å². The monoisotopic (exact) mass is 208 g/mol. The van der Waals surface area contributed by atoms with Crippen molar-refractivity contribution in [3.05, 3.63) is 40.5 Å². The standard InChI is InChI=1S/C8H8N4O3/c9-8-7(12(13)14)4-10-11(8)5-6-2-1-3-15-6/h1-4H,5,9H2. The number of nitrogens with zero attached hydrogens (tertiary/aromatic N) is 3. The summed E-state index contributed by atoms with van der Waals surface area (Å²) in [6.07, 6.45) is 2.64. The molecular formula is C8H8N4O3. The van der Waals surface area contributed by atoms with Gasteiger partial charge in [0.1, 0.15) is 18.5 Å². The van der Waals surface area contributed by atoms with Gasteiger partial charge in [0, 0.05) is 0 Å². The molecule has 0 saturated carbocycles. The molecule has 0 radical (unpaired) electrons. The summed E-state index contributed by atoms with van der Waals surface area (Å²) in [5, 5.41) is 14.3. The average Bonchev–Trinajstić information content (AvgIpc) is 2.78. The van der Waals surface area contributed by atoms with Crippen LogP contribution in [0.4, 0.5) is 11.5 Å². The summed E-state index contributed by atoms with van der Waals surface area (Å²) < 4.78 is 6.39. The van der Waals surface area contributed by atoms with Crippen LogP contribution in [0.25, 0.3) is 0 Å². The van der Waals surface area contributed by atoms with E-state index in [-0.39, 0.29) is 18.1 Å². The SMILES string of the molecule is Nc1c([N+](=O)[O-])cnn1Cc1ccco1. The maximum absolute atomic E-state index is 10.5. The quantitative estimate of drug-likeness (QED) is 0.599. The second-order valence-corrected chi connectivity index (χ2v) is 2.91. The van der Waals surface area contributed by atoms with Gasteiger partial charge in [0.15, 0.2) is 0 Å². The van der Waals surface area contributed by atoms with Crippen molar-refractivity contribution >= 4 is 11.5 Å². The number of anilines is 1. The Morgan fingerprint density at radius 2 is 2.47 bits per heavy atom. The minimum absolute atomic E-state index is 0.0244. The van der Waals surface area contributed by atoms with Crippen molar-refractivity contribution in [1.82, 2.24) is 9.78 Å². The molecule has 0 bridgehead atoms. The Bertz CT molecular complexity index is 474. The molecule has 0 aliphatic rings. The molecular weight excluding hydrogens is 200 g/mol. The fraction of sp³-hybridized carbons (Fsp3) is 0.125.